The van der Waals surface area contributed by atoms with Crippen molar-refractivity contribution in [3.63, 3.8) is 0 Å². The van der Waals surface area contributed by atoms with Gasteiger partial charge in [0.1, 0.15) is 5.56 Å². The predicted octanol–water partition coefficient (Wildman–Crippen LogP) is 0.185. The van der Waals surface area contributed by atoms with E-state index in [0.29, 0.717) is 12.8 Å². The van der Waals surface area contributed by atoms with Gasteiger partial charge in [-0.1, -0.05) is 13.8 Å². The third kappa shape index (κ3) is 3.35. The minimum Gasteiger partial charge on any atom is -0.478 e. The third-order valence-electron chi connectivity index (χ3n) is 3.58. The molecule has 0 saturated heterocycles. The first-order valence-electron chi connectivity index (χ1n) is 6.19. The van der Waals surface area contributed by atoms with Crippen LogP contribution in [-0.2, 0) is 10.0 Å². The highest BCUT2D eigenvalue weighted by molar-refractivity contribution is 7.89. The van der Waals surface area contributed by atoms with Crippen molar-refractivity contribution < 1.29 is 23.4 Å². The second kappa shape index (κ2) is 6.33. The van der Waals surface area contributed by atoms with E-state index in [0.717, 1.165) is 6.20 Å². The number of hydrogen-bond acceptors (Lipinski definition) is 5. The molecule has 114 valence electrons. The Morgan fingerprint density at radius 2 is 2.05 bits per heavy atom. The molecule has 0 radical (unpaired) electrons. The van der Waals surface area contributed by atoms with Crippen molar-refractivity contribution in [2.45, 2.75) is 31.7 Å². The molecule has 1 heterocycles. The topological polar surface area (TPSA) is 132 Å². The first-order chi connectivity index (χ1) is 9.32. The van der Waals surface area contributed by atoms with Gasteiger partial charge in [-0.25, -0.2) is 17.9 Å². The molecule has 0 fully saturated rings. The summed E-state index contributed by atoms with van der Waals surface area (Å²) in [5, 5.41) is 23.4. The third-order valence-corrected chi connectivity index (χ3v) is 4.95. The summed E-state index contributed by atoms with van der Waals surface area (Å²) in [6, 6.07) is 0. The highest BCUT2D eigenvalue weighted by Gasteiger charge is 2.30. The van der Waals surface area contributed by atoms with Crippen LogP contribution in [0.25, 0.3) is 0 Å². The highest BCUT2D eigenvalue weighted by Crippen LogP contribution is 2.25. The smallest absolute Gasteiger partial charge is 0.340 e. The van der Waals surface area contributed by atoms with Gasteiger partial charge >= 0.3 is 5.97 Å². The number of aliphatic hydroxyl groups excluding tert-OH is 1. The fourth-order valence-electron chi connectivity index (χ4n) is 1.73. The number of nitrogens with one attached hydrogen (secondary N) is 2. The lowest BCUT2D eigenvalue weighted by Crippen LogP contribution is -2.39. The van der Waals surface area contributed by atoms with Crippen LogP contribution in [-0.4, -0.2) is 47.9 Å². The molecule has 8 nitrogen and oxygen atoms in total. The fraction of sp³-hybridized carbons (Fsp3) is 0.636. The maximum Gasteiger partial charge on any atom is 0.340 e. The molecule has 0 amide bonds. The quantitative estimate of drug-likeness (QED) is 0.542. The number of aromatic nitrogens is 2. The Morgan fingerprint density at radius 1 is 1.45 bits per heavy atom. The molecule has 0 aromatic carbocycles. The van der Waals surface area contributed by atoms with Gasteiger partial charge in [0.15, 0.2) is 5.03 Å². The van der Waals surface area contributed by atoms with Crippen LogP contribution in [0.15, 0.2) is 11.2 Å². The Kier molecular flexibility index (Phi) is 5.26. The van der Waals surface area contributed by atoms with Crippen LogP contribution in [0.2, 0.25) is 0 Å². The van der Waals surface area contributed by atoms with Crippen molar-refractivity contribution in [1.29, 1.82) is 0 Å². The Morgan fingerprint density at radius 3 is 2.50 bits per heavy atom. The molecule has 4 N–H and O–H groups in total. The lowest BCUT2D eigenvalue weighted by atomic mass is 9.84. The van der Waals surface area contributed by atoms with Gasteiger partial charge in [-0.3, -0.25) is 5.10 Å². The van der Waals surface area contributed by atoms with Crippen LogP contribution < -0.4 is 4.72 Å². The normalized spacial score (nSPS) is 12.6. The molecule has 0 aliphatic rings. The van der Waals surface area contributed by atoms with Crippen LogP contribution in [0.1, 0.15) is 37.0 Å². The summed E-state index contributed by atoms with van der Waals surface area (Å²) in [5.74, 6) is -1.38. The van der Waals surface area contributed by atoms with E-state index in [9.17, 15) is 18.3 Å². The van der Waals surface area contributed by atoms with E-state index in [1.807, 2.05) is 13.8 Å². The zero-order valence-corrected chi connectivity index (χ0v) is 12.2. The Balaban J connectivity index is 2.96. The van der Waals surface area contributed by atoms with E-state index in [4.69, 9.17) is 5.11 Å². The lowest BCUT2D eigenvalue weighted by Gasteiger charge is -2.29. The van der Waals surface area contributed by atoms with Crippen LogP contribution in [0.5, 0.6) is 0 Å². The van der Waals surface area contributed by atoms with Crippen LogP contribution in [0, 0.1) is 5.41 Å². The molecule has 1 aromatic heterocycles. The van der Waals surface area contributed by atoms with Gasteiger partial charge in [0.25, 0.3) is 10.0 Å². The lowest BCUT2D eigenvalue weighted by molar-refractivity contribution is 0.0692. The van der Waals surface area contributed by atoms with Gasteiger partial charge in [0.05, 0.1) is 6.20 Å². The SMILES string of the molecule is CCC(CC)(CO)CNS(=O)(=O)c1[nH]ncc1C(=O)O. The summed E-state index contributed by atoms with van der Waals surface area (Å²) in [7, 11) is -4.02. The number of hydrogen-bond donors (Lipinski definition) is 4. The average molecular weight is 305 g/mol. The monoisotopic (exact) mass is 305 g/mol. The molecule has 9 heteroatoms. The summed E-state index contributed by atoms with van der Waals surface area (Å²) in [4.78, 5) is 10.9. The molecule has 0 unspecified atom stereocenters. The largest absolute Gasteiger partial charge is 0.478 e. The van der Waals surface area contributed by atoms with Crippen molar-refractivity contribution in [3.05, 3.63) is 11.8 Å². The molecule has 1 aromatic rings. The number of sulfonamides is 1. The van der Waals surface area contributed by atoms with Gasteiger partial charge in [-0.2, -0.15) is 5.10 Å². The van der Waals surface area contributed by atoms with Crippen molar-refractivity contribution in [1.82, 2.24) is 14.9 Å². The van der Waals surface area contributed by atoms with Crippen molar-refractivity contribution in [2.24, 2.45) is 5.41 Å². The van der Waals surface area contributed by atoms with Gasteiger partial charge in [-0.05, 0) is 12.8 Å². The summed E-state index contributed by atoms with van der Waals surface area (Å²) in [6.45, 7) is 3.58. The van der Waals surface area contributed by atoms with Crippen LogP contribution in [0.3, 0.4) is 0 Å². The van der Waals surface area contributed by atoms with Crippen molar-refractivity contribution in [3.8, 4) is 0 Å². The van der Waals surface area contributed by atoms with E-state index in [1.54, 1.807) is 0 Å². The minimum absolute atomic E-state index is 0.0247. The number of carboxylic acid groups (broad SMARTS) is 1. The molecule has 20 heavy (non-hydrogen) atoms. The molecule has 0 aliphatic carbocycles. The first-order valence-corrected chi connectivity index (χ1v) is 7.67. The van der Waals surface area contributed by atoms with E-state index in [2.05, 4.69) is 14.9 Å². The fourth-order valence-corrected chi connectivity index (χ4v) is 2.97. The molecule has 0 spiro atoms. The number of aromatic carboxylic acids is 1. The molecular formula is C11H19N3O5S. The zero-order valence-electron chi connectivity index (χ0n) is 11.4. The van der Waals surface area contributed by atoms with Crippen molar-refractivity contribution in [2.75, 3.05) is 13.2 Å². The highest BCUT2D eigenvalue weighted by atomic mass is 32.2. The van der Waals surface area contributed by atoms with E-state index < -0.39 is 32.0 Å². The maximum absolute atomic E-state index is 12.1. The summed E-state index contributed by atoms with van der Waals surface area (Å²) >= 11 is 0. The number of nitrogens with zero attached hydrogens (tertiary/aromatic N) is 1. The van der Waals surface area contributed by atoms with Crippen LogP contribution in [0.4, 0.5) is 0 Å². The second-order valence-electron chi connectivity index (χ2n) is 4.61. The number of carboxylic acids is 1. The summed E-state index contributed by atoms with van der Waals surface area (Å²) in [5.41, 5.74) is -0.976. The maximum atomic E-state index is 12.1. The van der Waals surface area contributed by atoms with E-state index in [1.165, 1.54) is 0 Å². The number of rotatable bonds is 8. The molecule has 1 rings (SSSR count). The van der Waals surface area contributed by atoms with Crippen LogP contribution >= 0.6 is 0 Å². The number of aromatic amines is 1. The Labute approximate surface area is 117 Å². The predicted molar refractivity (Wildman–Crippen MR) is 70.8 cm³/mol. The van der Waals surface area contributed by atoms with E-state index in [-0.39, 0.29) is 13.2 Å². The number of carbonyl (C=O) groups is 1. The van der Waals surface area contributed by atoms with Crippen molar-refractivity contribution >= 4 is 16.0 Å². The van der Waals surface area contributed by atoms with E-state index >= 15 is 0 Å². The van der Waals surface area contributed by atoms with Gasteiger partial charge < -0.3 is 10.2 Å². The molecular weight excluding hydrogens is 286 g/mol. The van der Waals surface area contributed by atoms with Gasteiger partial charge in [0, 0.05) is 18.6 Å². The molecule has 0 bridgehead atoms. The average Bonchev–Trinajstić information content (AvgIpc) is 2.91. The summed E-state index contributed by atoms with van der Waals surface area (Å²) < 4.78 is 26.5. The zero-order chi connectivity index (χ0) is 15.4. The molecule has 0 aliphatic heterocycles. The molecule has 0 saturated carbocycles. The van der Waals surface area contributed by atoms with Gasteiger partial charge in [0.2, 0.25) is 0 Å². The Bertz CT molecular complexity index is 554. The molecule has 0 atom stereocenters. The number of aliphatic hydroxyl groups is 1. The Hall–Kier alpha value is -1.45. The minimum atomic E-state index is -4.02. The standard InChI is InChI=1S/C11H19N3O5S/c1-3-11(4-2,7-15)6-13-20(18,19)9-8(10(16)17)5-12-14-9/h5,13,15H,3-4,6-7H2,1-2H3,(H,12,14)(H,16,17). The first kappa shape index (κ1) is 16.6. The summed E-state index contributed by atoms with van der Waals surface area (Å²) in [6.07, 6.45) is 2.13. The number of H-pyrrole nitrogens is 1. The van der Waals surface area contributed by atoms with Gasteiger partial charge in [-0.15, -0.1) is 0 Å². The second-order valence-corrected chi connectivity index (χ2v) is 6.31.